The second-order valence-electron chi connectivity index (χ2n) is 7.88. The standard InChI is InChI=1S/C24H29N3O3/c1-17-8-10-20(11-9-17)24(30)27-14-12-21(13-15-27)26-23(29)22(25-18(2)28)16-19-6-4-3-5-7-19/h3-11,21-22H,12-16H2,1-2H3,(H,25,28)(H,26,29)/t22-/m0/s1. The zero-order chi connectivity index (χ0) is 21.5. The molecule has 0 bridgehead atoms. The van der Waals surface area contributed by atoms with E-state index in [9.17, 15) is 14.4 Å². The normalized spacial score (nSPS) is 15.3. The van der Waals surface area contributed by atoms with Gasteiger partial charge in [0, 0.05) is 38.0 Å². The molecular formula is C24H29N3O3. The van der Waals surface area contributed by atoms with Gasteiger partial charge in [-0.3, -0.25) is 14.4 Å². The molecule has 1 atom stereocenters. The molecular weight excluding hydrogens is 378 g/mol. The topological polar surface area (TPSA) is 78.5 Å². The Morgan fingerprint density at radius 2 is 1.63 bits per heavy atom. The monoisotopic (exact) mass is 407 g/mol. The van der Waals surface area contributed by atoms with Gasteiger partial charge in [0.1, 0.15) is 6.04 Å². The van der Waals surface area contributed by atoms with Crippen molar-refractivity contribution in [1.82, 2.24) is 15.5 Å². The van der Waals surface area contributed by atoms with Crippen molar-refractivity contribution >= 4 is 17.7 Å². The van der Waals surface area contributed by atoms with Crippen LogP contribution in [0.15, 0.2) is 54.6 Å². The highest BCUT2D eigenvalue weighted by molar-refractivity contribution is 5.94. The minimum absolute atomic E-state index is 0.00778. The first kappa shape index (κ1) is 21.6. The summed E-state index contributed by atoms with van der Waals surface area (Å²) in [5.41, 5.74) is 2.80. The van der Waals surface area contributed by atoms with Crippen molar-refractivity contribution in [2.45, 2.75) is 45.2 Å². The van der Waals surface area contributed by atoms with E-state index in [1.54, 1.807) is 0 Å². The van der Waals surface area contributed by atoms with Crippen LogP contribution in [-0.4, -0.2) is 47.8 Å². The first-order chi connectivity index (χ1) is 14.4. The van der Waals surface area contributed by atoms with E-state index >= 15 is 0 Å². The largest absolute Gasteiger partial charge is 0.351 e. The molecule has 0 saturated carbocycles. The van der Waals surface area contributed by atoms with Crippen LogP contribution in [0.3, 0.4) is 0 Å². The summed E-state index contributed by atoms with van der Waals surface area (Å²) >= 11 is 0. The molecule has 2 N–H and O–H groups in total. The van der Waals surface area contributed by atoms with E-state index in [4.69, 9.17) is 0 Å². The van der Waals surface area contributed by atoms with Crippen molar-refractivity contribution in [1.29, 1.82) is 0 Å². The third-order valence-corrected chi connectivity index (χ3v) is 5.40. The van der Waals surface area contributed by atoms with Crippen molar-refractivity contribution in [2.75, 3.05) is 13.1 Å². The molecule has 1 aliphatic rings. The Morgan fingerprint density at radius 3 is 2.23 bits per heavy atom. The van der Waals surface area contributed by atoms with Crippen LogP contribution < -0.4 is 10.6 Å². The summed E-state index contributed by atoms with van der Waals surface area (Å²) in [6.45, 7) is 4.61. The molecule has 0 aliphatic carbocycles. The third kappa shape index (κ3) is 5.92. The zero-order valence-corrected chi connectivity index (χ0v) is 17.6. The molecule has 158 valence electrons. The molecule has 0 unspecified atom stereocenters. The summed E-state index contributed by atoms with van der Waals surface area (Å²) < 4.78 is 0. The molecule has 2 aromatic rings. The van der Waals surface area contributed by atoms with Crippen molar-refractivity contribution < 1.29 is 14.4 Å². The van der Waals surface area contributed by atoms with E-state index in [0.717, 1.165) is 11.1 Å². The van der Waals surface area contributed by atoms with Crippen molar-refractivity contribution in [3.63, 3.8) is 0 Å². The predicted octanol–water partition coefficient (Wildman–Crippen LogP) is 2.46. The average molecular weight is 408 g/mol. The van der Waals surface area contributed by atoms with Crippen molar-refractivity contribution in [3.8, 4) is 0 Å². The lowest BCUT2D eigenvalue weighted by Gasteiger charge is -2.33. The number of amides is 3. The van der Waals surface area contributed by atoms with Gasteiger partial charge in [-0.05, 0) is 37.5 Å². The van der Waals surface area contributed by atoms with Gasteiger partial charge < -0.3 is 15.5 Å². The number of nitrogens with zero attached hydrogens (tertiary/aromatic N) is 1. The van der Waals surface area contributed by atoms with Gasteiger partial charge in [-0.15, -0.1) is 0 Å². The fraction of sp³-hybridized carbons (Fsp3) is 0.375. The minimum atomic E-state index is -0.614. The van der Waals surface area contributed by atoms with Gasteiger partial charge in [-0.2, -0.15) is 0 Å². The summed E-state index contributed by atoms with van der Waals surface area (Å²) in [4.78, 5) is 38.9. The highest BCUT2D eigenvalue weighted by Crippen LogP contribution is 2.15. The van der Waals surface area contributed by atoms with Gasteiger partial charge in [-0.1, -0.05) is 48.0 Å². The molecule has 0 radical (unpaired) electrons. The van der Waals surface area contributed by atoms with Crippen molar-refractivity contribution in [3.05, 3.63) is 71.3 Å². The number of benzene rings is 2. The number of carbonyl (C=O) groups excluding carboxylic acids is 3. The first-order valence-electron chi connectivity index (χ1n) is 10.4. The molecule has 2 aromatic carbocycles. The lowest BCUT2D eigenvalue weighted by atomic mass is 10.0. The van der Waals surface area contributed by atoms with Crippen LogP contribution in [-0.2, 0) is 16.0 Å². The molecule has 1 heterocycles. The summed E-state index contributed by atoms with van der Waals surface area (Å²) in [5, 5.41) is 5.81. The Kier molecular flexibility index (Phi) is 7.22. The van der Waals surface area contributed by atoms with E-state index in [0.29, 0.717) is 37.9 Å². The summed E-state index contributed by atoms with van der Waals surface area (Å²) in [7, 11) is 0. The van der Waals surface area contributed by atoms with E-state index in [-0.39, 0.29) is 23.8 Å². The van der Waals surface area contributed by atoms with Crippen molar-refractivity contribution in [2.24, 2.45) is 0 Å². The molecule has 1 fully saturated rings. The lowest BCUT2D eigenvalue weighted by Crippen LogP contribution is -2.53. The maximum Gasteiger partial charge on any atom is 0.253 e. The lowest BCUT2D eigenvalue weighted by molar-refractivity contribution is -0.128. The quantitative estimate of drug-likeness (QED) is 0.772. The van der Waals surface area contributed by atoms with Gasteiger partial charge in [0.2, 0.25) is 11.8 Å². The minimum Gasteiger partial charge on any atom is -0.351 e. The number of likely N-dealkylation sites (tertiary alicyclic amines) is 1. The number of piperidine rings is 1. The summed E-state index contributed by atoms with van der Waals surface area (Å²) in [6, 6.07) is 16.6. The Labute approximate surface area is 177 Å². The Morgan fingerprint density at radius 1 is 1.00 bits per heavy atom. The van der Waals surface area contributed by atoms with E-state index in [2.05, 4.69) is 10.6 Å². The Bertz CT molecular complexity index is 872. The number of aryl methyl sites for hydroxylation is 1. The molecule has 6 nitrogen and oxygen atoms in total. The Hall–Kier alpha value is -3.15. The van der Waals surface area contributed by atoms with Crippen LogP contribution in [0.2, 0.25) is 0 Å². The molecule has 1 aliphatic heterocycles. The fourth-order valence-corrected chi connectivity index (χ4v) is 3.71. The zero-order valence-electron chi connectivity index (χ0n) is 17.6. The highest BCUT2D eigenvalue weighted by Gasteiger charge is 2.27. The van der Waals surface area contributed by atoms with E-state index < -0.39 is 6.04 Å². The van der Waals surface area contributed by atoms with E-state index in [1.165, 1.54) is 6.92 Å². The second kappa shape index (κ2) is 10.1. The molecule has 6 heteroatoms. The van der Waals surface area contributed by atoms with Crippen LogP contribution in [0.25, 0.3) is 0 Å². The van der Waals surface area contributed by atoms with Crippen LogP contribution in [0, 0.1) is 6.92 Å². The molecule has 1 saturated heterocycles. The van der Waals surface area contributed by atoms with Gasteiger partial charge in [0.25, 0.3) is 5.91 Å². The van der Waals surface area contributed by atoms with Gasteiger partial charge in [0.15, 0.2) is 0 Å². The second-order valence-corrected chi connectivity index (χ2v) is 7.88. The van der Waals surface area contributed by atoms with Gasteiger partial charge in [-0.25, -0.2) is 0 Å². The van der Waals surface area contributed by atoms with Crippen LogP contribution in [0.5, 0.6) is 0 Å². The fourth-order valence-electron chi connectivity index (χ4n) is 3.71. The van der Waals surface area contributed by atoms with Crippen LogP contribution >= 0.6 is 0 Å². The average Bonchev–Trinajstić information content (AvgIpc) is 2.74. The maximum atomic E-state index is 12.8. The smallest absolute Gasteiger partial charge is 0.253 e. The maximum absolute atomic E-state index is 12.8. The third-order valence-electron chi connectivity index (χ3n) is 5.40. The summed E-state index contributed by atoms with van der Waals surface area (Å²) in [5.74, 6) is -0.387. The number of hydrogen-bond acceptors (Lipinski definition) is 3. The number of nitrogens with one attached hydrogen (secondary N) is 2. The first-order valence-corrected chi connectivity index (χ1v) is 10.4. The molecule has 0 spiro atoms. The summed E-state index contributed by atoms with van der Waals surface area (Å²) in [6.07, 6.45) is 1.83. The SMILES string of the molecule is CC(=O)N[C@@H](Cc1ccccc1)C(=O)NC1CCN(C(=O)c2ccc(C)cc2)CC1. The van der Waals surface area contributed by atoms with Gasteiger partial charge >= 0.3 is 0 Å². The molecule has 0 aromatic heterocycles. The molecule has 3 amide bonds. The van der Waals surface area contributed by atoms with Crippen LogP contribution in [0.1, 0.15) is 41.3 Å². The van der Waals surface area contributed by atoms with Crippen LogP contribution in [0.4, 0.5) is 0 Å². The number of rotatable bonds is 6. The Balaban J connectivity index is 1.54. The molecule has 3 rings (SSSR count). The number of carbonyl (C=O) groups is 3. The molecule has 30 heavy (non-hydrogen) atoms. The van der Waals surface area contributed by atoms with Gasteiger partial charge in [0.05, 0.1) is 0 Å². The predicted molar refractivity (Wildman–Crippen MR) is 116 cm³/mol. The van der Waals surface area contributed by atoms with E-state index in [1.807, 2.05) is 66.4 Å². The number of hydrogen-bond donors (Lipinski definition) is 2. The highest BCUT2D eigenvalue weighted by atomic mass is 16.2.